The Balaban J connectivity index is 1.69. The summed E-state index contributed by atoms with van der Waals surface area (Å²) in [6.45, 7) is 4.68. The molecule has 1 aliphatic heterocycles. The van der Waals surface area contributed by atoms with E-state index in [4.69, 9.17) is 21.1 Å². The molecule has 0 bridgehead atoms. The fourth-order valence-electron chi connectivity index (χ4n) is 3.45. The van der Waals surface area contributed by atoms with Crippen molar-refractivity contribution in [1.29, 1.82) is 0 Å². The van der Waals surface area contributed by atoms with E-state index < -0.39 is 0 Å². The number of nitrogens with one attached hydrogen (secondary N) is 1. The fourth-order valence-corrected chi connectivity index (χ4v) is 3.75. The Labute approximate surface area is 181 Å². The van der Waals surface area contributed by atoms with Crippen LogP contribution in [-0.2, 0) is 4.79 Å². The third-order valence-electron chi connectivity index (χ3n) is 5.13. The van der Waals surface area contributed by atoms with Crippen LogP contribution in [0, 0.1) is 0 Å². The molecule has 1 saturated heterocycles. The Morgan fingerprint density at radius 3 is 2.37 bits per heavy atom. The molecule has 160 valence electrons. The number of methoxy groups -OCH3 is 2. The van der Waals surface area contributed by atoms with Crippen LogP contribution in [0.5, 0.6) is 11.5 Å². The highest BCUT2D eigenvalue weighted by Gasteiger charge is 2.22. The molecular formula is C22H26ClN3O4. The van der Waals surface area contributed by atoms with Gasteiger partial charge in [-0.25, -0.2) is 0 Å². The van der Waals surface area contributed by atoms with Gasteiger partial charge in [0, 0.05) is 44.4 Å². The molecule has 0 atom stereocenters. The highest BCUT2D eigenvalue weighted by molar-refractivity contribution is 6.33. The Morgan fingerprint density at radius 1 is 1.03 bits per heavy atom. The van der Waals surface area contributed by atoms with E-state index in [9.17, 15) is 9.59 Å². The van der Waals surface area contributed by atoms with Crippen molar-refractivity contribution < 1.29 is 19.1 Å². The van der Waals surface area contributed by atoms with Crippen LogP contribution in [0.3, 0.4) is 0 Å². The van der Waals surface area contributed by atoms with E-state index in [0.29, 0.717) is 47.3 Å². The summed E-state index contributed by atoms with van der Waals surface area (Å²) in [6, 6.07) is 10.5. The van der Waals surface area contributed by atoms with Gasteiger partial charge in [0.1, 0.15) is 11.5 Å². The molecule has 8 heteroatoms. The van der Waals surface area contributed by atoms with Crippen molar-refractivity contribution >= 4 is 34.8 Å². The lowest BCUT2D eigenvalue weighted by Gasteiger charge is -2.36. The number of halogens is 1. The van der Waals surface area contributed by atoms with E-state index >= 15 is 0 Å². The van der Waals surface area contributed by atoms with Crippen molar-refractivity contribution in [3.63, 3.8) is 0 Å². The highest BCUT2D eigenvalue weighted by atomic mass is 35.5. The minimum atomic E-state index is -0.301. The van der Waals surface area contributed by atoms with E-state index in [1.54, 1.807) is 31.4 Å². The van der Waals surface area contributed by atoms with Gasteiger partial charge < -0.3 is 24.6 Å². The van der Waals surface area contributed by atoms with Gasteiger partial charge in [0.15, 0.2) is 0 Å². The van der Waals surface area contributed by atoms with Gasteiger partial charge in [-0.2, -0.15) is 0 Å². The summed E-state index contributed by atoms with van der Waals surface area (Å²) >= 11 is 6.50. The zero-order valence-corrected chi connectivity index (χ0v) is 18.2. The van der Waals surface area contributed by atoms with Gasteiger partial charge in [-0.15, -0.1) is 0 Å². The molecule has 2 aromatic carbocycles. The average molecular weight is 432 g/mol. The van der Waals surface area contributed by atoms with E-state index in [-0.39, 0.29) is 11.8 Å². The van der Waals surface area contributed by atoms with Crippen LogP contribution in [0.15, 0.2) is 36.4 Å². The number of hydrogen-bond donors (Lipinski definition) is 1. The van der Waals surface area contributed by atoms with Crippen LogP contribution < -0.4 is 19.7 Å². The maximum atomic E-state index is 12.7. The SMILES string of the molecule is CCC(=O)N1CCN(c2ccc(NC(=O)c3ccc(OC)cc3OC)cc2Cl)CC1. The Morgan fingerprint density at radius 2 is 1.77 bits per heavy atom. The molecule has 0 spiro atoms. The minimum Gasteiger partial charge on any atom is -0.497 e. The molecule has 0 aromatic heterocycles. The fraction of sp³-hybridized carbons (Fsp3) is 0.364. The summed E-state index contributed by atoms with van der Waals surface area (Å²) < 4.78 is 10.5. The van der Waals surface area contributed by atoms with Crippen molar-refractivity contribution in [2.75, 3.05) is 50.6 Å². The van der Waals surface area contributed by atoms with Crippen LogP contribution in [-0.4, -0.2) is 57.1 Å². The van der Waals surface area contributed by atoms with Crippen LogP contribution in [0.4, 0.5) is 11.4 Å². The lowest BCUT2D eigenvalue weighted by Crippen LogP contribution is -2.48. The molecular weight excluding hydrogens is 406 g/mol. The number of hydrogen-bond acceptors (Lipinski definition) is 5. The third-order valence-corrected chi connectivity index (χ3v) is 5.44. The average Bonchev–Trinajstić information content (AvgIpc) is 2.78. The van der Waals surface area contributed by atoms with Crippen LogP contribution in [0.2, 0.25) is 5.02 Å². The first-order valence-electron chi connectivity index (χ1n) is 9.82. The van der Waals surface area contributed by atoms with Crippen LogP contribution in [0.25, 0.3) is 0 Å². The Kier molecular flexibility index (Phi) is 7.05. The number of carbonyl (C=O) groups excluding carboxylic acids is 2. The van der Waals surface area contributed by atoms with Crippen molar-refractivity contribution in [2.45, 2.75) is 13.3 Å². The molecule has 1 heterocycles. The van der Waals surface area contributed by atoms with E-state index in [1.165, 1.54) is 7.11 Å². The van der Waals surface area contributed by atoms with Gasteiger partial charge in [0.05, 0.1) is 30.5 Å². The summed E-state index contributed by atoms with van der Waals surface area (Å²) in [5, 5.41) is 3.40. The zero-order chi connectivity index (χ0) is 21.7. The summed E-state index contributed by atoms with van der Waals surface area (Å²) in [5.74, 6) is 0.906. The van der Waals surface area contributed by atoms with Crippen molar-refractivity contribution in [1.82, 2.24) is 4.90 Å². The largest absolute Gasteiger partial charge is 0.497 e. The Bertz CT molecular complexity index is 927. The van der Waals surface area contributed by atoms with Gasteiger partial charge in [0.2, 0.25) is 5.91 Å². The van der Waals surface area contributed by atoms with Gasteiger partial charge in [-0.05, 0) is 30.3 Å². The number of amides is 2. The first-order valence-corrected chi connectivity index (χ1v) is 10.2. The van der Waals surface area contributed by atoms with Crippen molar-refractivity contribution in [2.24, 2.45) is 0 Å². The second kappa shape index (κ2) is 9.71. The third kappa shape index (κ3) is 4.79. The smallest absolute Gasteiger partial charge is 0.259 e. The minimum absolute atomic E-state index is 0.174. The number of rotatable bonds is 6. The van der Waals surface area contributed by atoms with Crippen LogP contribution in [0.1, 0.15) is 23.7 Å². The molecule has 1 aliphatic rings. The molecule has 0 unspecified atom stereocenters. The number of nitrogens with zero attached hydrogens (tertiary/aromatic N) is 2. The highest BCUT2D eigenvalue weighted by Crippen LogP contribution is 2.31. The van der Waals surface area contributed by atoms with Crippen molar-refractivity contribution in [3.8, 4) is 11.5 Å². The van der Waals surface area contributed by atoms with Gasteiger partial charge in [-0.3, -0.25) is 9.59 Å². The molecule has 30 heavy (non-hydrogen) atoms. The van der Waals surface area contributed by atoms with Gasteiger partial charge >= 0.3 is 0 Å². The summed E-state index contributed by atoms with van der Waals surface area (Å²) in [4.78, 5) is 28.6. The first-order chi connectivity index (χ1) is 14.5. The number of piperazine rings is 1. The zero-order valence-electron chi connectivity index (χ0n) is 17.4. The second-order valence-corrected chi connectivity index (χ2v) is 7.32. The number of carbonyl (C=O) groups is 2. The molecule has 3 rings (SSSR count). The maximum Gasteiger partial charge on any atom is 0.259 e. The quantitative estimate of drug-likeness (QED) is 0.755. The summed E-state index contributed by atoms with van der Waals surface area (Å²) in [6.07, 6.45) is 0.522. The van der Waals surface area contributed by atoms with E-state index in [1.807, 2.05) is 24.0 Å². The maximum absolute atomic E-state index is 12.7. The molecule has 1 N–H and O–H groups in total. The normalized spacial score (nSPS) is 13.7. The molecule has 7 nitrogen and oxygen atoms in total. The Hall–Kier alpha value is -2.93. The second-order valence-electron chi connectivity index (χ2n) is 6.91. The summed E-state index contributed by atoms with van der Waals surface area (Å²) in [5.41, 5.74) is 1.88. The molecule has 2 amide bonds. The molecule has 1 fully saturated rings. The van der Waals surface area contributed by atoms with E-state index in [2.05, 4.69) is 10.2 Å². The first kappa shape index (κ1) is 21.8. The standard InChI is InChI=1S/C22H26ClN3O4/c1-4-21(27)26-11-9-25(10-12-26)19-8-5-15(13-18(19)23)24-22(28)17-7-6-16(29-2)14-20(17)30-3/h5-8,13-14H,4,9-12H2,1-3H3,(H,24,28). The number of ether oxygens (including phenoxy) is 2. The topological polar surface area (TPSA) is 71.1 Å². The number of benzene rings is 2. The lowest BCUT2D eigenvalue weighted by molar-refractivity contribution is -0.131. The lowest BCUT2D eigenvalue weighted by atomic mass is 10.1. The van der Waals surface area contributed by atoms with Crippen LogP contribution >= 0.6 is 11.6 Å². The molecule has 0 saturated carbocycles. The molecule has 2 aromatic rings. The summed E-state index contributed by atoms with van der Waals surface area (Å²) in [7, 11) is 3.06. The number of anilines is 2. The predicted octanol–water partition coefficient (Wildman–Crippen LogP) is 3.67. The van der Waals surface area contributed by atoms with Gasteiger partial charge in [0.25, 0.3) is 5.91 Å². The molecule has 0 radical (unpaired) electrons. The van der Waals surface area contributed by atoms with E-state index in [0.717, 1.165) is 18.8 Å². The predicted molar refractivity (Wildman–Crippen MR) is 118 cm³/mol. The monoisotopic (exact) mass is 431 g/mol. The van der Waals surface area contributed by atoms with Gasteiger partial charge in [-0.1, -0.05) is 18.5 Å². The molecule has 0 aliphatic carbocycles. The van der Waals surface area contributed by atoms with Crippen molar-refractivity contribution in [3.05, 3.63) is 47.0 Å².